The van der Waals surface area contributed by atoms with E-state index in [4.69, 9.17) is 4.74 Å². The van der Waals surface area contributed by atoms with Gasteiger partial charge in [-0.05, 0) is 61.2 Å². The fourth-order valence-electron chi connectivity index (χ4n) is 4.60. The minimum Gasteiger partial charge on any atom is -0.497 e. The van der Waals surface area contributed by atoms with Gasteiger partial charge in [-0.15, -0.1) is 0 Å². The zero-order valence-corrected chi connectivity index (χ0v) is 19.0. The molecule has 0 spiro atoms. The molecular weight excluding hydrogens is 418 g/mol. The van der Waals surface area contributed by atoms with Gasteiger partial charge in [0.2, 0.25) is 0 Å². The van der Waals surface area contributed by atoms with Gasteiger partial charge in [0.1, 0.15) is 5.75 Å². The predicted molar refractivity (Wildman–Crippen MR) is 128 cm³/mol. The topological polar surface area (TPSA) is 48.3 Å². The Bertz CT molecular complexity index is 1410. The average molecular weight is 444 g/mol. The molecule has 1 heterocycles. The van der Waals surface area contributed by atoms with Crippen LogP contribution in [0.2, 0.25) is 0 Å². The van der Waals surface area contributed by atoms with E-state index >= 15 is 0 Å². The molecule has 32 heavy (non-hydrogen) atoms. The average Bonchev–Trinajstić information content (AvgIpc) is 2.99. The Morgan fingerprint density at radius 2 is 1.66 bits per heavy atom. The fourth-order valence-corrected chi connectivity index (χ4v) is 6.19. The molecule has 1 atom stereocenters. The highest BCUT2D eigenvalue weighted by Gasteiger charge is 2.30. The molecular formula is C27H25NO3S. The Hall–Kier alpha value is -3.31. The van der Waals surface area contributed by atoms with Gasteiger partial charge in [-0.2, -0.15) is 0 Å². The van der Waals surface area contributed by atoms with Crippen molar-refractivity contribution in [1.82, 2.24) is 3.97 Å². The summed E-state index contributed by atoms with van der Waals surface area (Å²) in [5, 5.41) is 0.977. The lowest BCUT2D eigenvalue weighted by Gasteiger charge is -2.16. The van der Waals surface area contributed by atoms with Gasteiger partial charge in [0.05, 0.1) is 17.5 Å². The second kappa shape index (κ2) is 7.99. The third-order valence-electron chi connectivity index (χ3n) is 6.19. The molecule has 1 unspecified atom stereocenters. The molecule has 1 aliphatic rings. The van der Waals surface area contributed by atoms with Crippen molar-refractivity contribution in [2.45, 2.75) is 30.6 Å². The van der Waals surface area contributed by atoms with Crippen molar-refractivity contribution < 1.29 is 13.2 Å². The first-order valence-corrected chi connectivity index (χ1v) is 12.2. The predicted octanol–water partition coefficient (Wildman–Crippen LogP) is 5.83. The van der Waals surface area contributed by atoms with Crippen LogP contribution in [-0.2, 0) is 16.4 Å². The van der Waals surface area contributed by atoms with E-state index in [-0.39, 0.29) is 5.92 Å². The van der Waals surface area contributed by atoms with E-state index in [1.54, 1.807) is 23.2 Å². The van der Waals surface area contributed by atoms with E-state index in [1.807, 2.05) is 55.5 Å². The Kier molecular flexibility index (Phi) is 5.14. The maximum atomic E-state index is 13.9. The normalized spacial score (nSPS) is 16.0. The van der Waals surface area contributed by atoms with E-state index in [0.29, 0.717) is 11.3 Å². The second-order valence-electron chi connectivity index (χ2n) is 8.18. The molecule has 3 aromatic carbocycles. The number of fused-ring (bicyclic) bond motifs is 3. The lowest BCUT2D eigenvalue weighted by Crippen LogP contribution is -2.16. The van der Waals surface area contributed by atoms with Crippen molar-refractivity contribution >= 4 is 20.9 Å². The molecule has 0 fully saturated rings. The molecule has 0 bridgehead atoms. The molecule has 0 saturated carbocycles. The molecule has 0 saturated heterocycles. The zero-order chi connectivity index (χ0) is 22.3. The highest BCUT2D eigenvalue weighted by Crippen LogP contribution is 2.41. The van der Waals surface area contributed by atoms with Crippen LogP contribution in [0, 0.1) is 6.92 Å². The molecule has 4 nitrogen and oxygen atoms in total. The van der Waals surface area contributed by atoms with Gasteiger partial charge in [0, 0.05) is 17.0 Å². The van der Waals surface area contributed by atoms with E-state index in [9.17, 15) is 8.42 Å². The summed E-state index contributed by atoms with van der Waals surface area (Å²) >= 11 is 0. The monoisotopic (exact) mass is 443 g/mol. The summed E-state index contributed by atoms with van der Waals surface area (Å²) in [6.07, 6.45) is 5.81. The summed E-state index contributed by atoms with van der Waals surface area (Å²) in [6.45, 7) is 1.96. The number of para-hydroxylation sites is 1. The van der Waals surface area contributed by atoms with Gasteiger partial charge in [-0.25, -0.2) is 12.4 Å². The third-order valence-corrected chi connectivity index (χ3v) is 7.96. The quantitative estimate of drug-likeness (QED) is 0.373. The summed E-state index contributed by atoms with van der Waals surface area (Å²) in [7, 11) is -2.09. The van der Waals surface area contributed by atoms with Crippen molar-refractivity contribution in [3.05, 3.63) is 107 Å². The van der Waals surface area contributed by atoms with Gasteiger partial charge >= 0.3 is 0 Å². The van der Waals surface area contributed by atoms with Crippen LogP contribution in [0.15, 0.2) is 89.8 Å². The van der Waals surface area contributed by atoms with Crippen LogP contribution in [-0.4, -0.2) is 19.5 Å². The van der Waals surface area contributed by atoms with E-state index in [1.165, 1.54) is 0 Å². The smallest absolute Gasteiger partial charge is 0.268 e. The van der Waals surface area contributed by atoms with Crippen LogP contribution < -0.4 is 4.74 Å². The van der Waals surface area contributed by atoms with Crippen LogP contribution in [0.4, 0.5) is 0 Å². The number of rotatable bonds is 4. The highest BCUT2D eigenvalue weighted by atomic mass is 32.2. The number of allylic oxidation sites excluding steroid dienone is 2. The minimum atomic E-state index is -3.74. The van der Waals surface area contributed by atoms with Crippen molar-refractivity contribution in [3.63, 3.8) is 0 Å². The summed E-state index contributed by atoms with van der Waals surface area (Å²) < 4.78 is 34.6. The molecule has 1 aromatic heterocycles. The molecule has 5 rings (SSSR count). The number of aryl methyl sites for hydroxylation is 1. The first-order chi connectivity index (χ1) is 15.5. The Labute approximate surface area is 188 Å². The van der Waals surface area contributed by atoms with Crippen LogP contribution >= 0.6 is 0 Å². The zero-order valence-electron chi connectivity index (χ0n) is 18.2. The maximum Gasteiger partial charge on any atom is 0.268 e. The lowest BCUT2D eigenvalue weighted by atomic mass is 9.89. The number of aromatic nitrogens is 1. The Morgan fingerprint density at radius 3 is 2.38 bits per heavy atom. The molecule has 4 aromatic rings. The molecule has 0 aliphatic heterocycles. The van der Waals surface area contributed by atoms with Gasteiger partial charge in [-0.3, -0.25) is 0 Å². The van der Waals surface area contributed by atoms with Crippen molar-refractivity contribution in [3.8, 4) is 5.75 Å². The van der Waals surface area contributed by atoms with E-state index in [0.717, 1.165) is 45.5 Å². The maximum absolute atomic E-state index is 13.9. The van der Waals surface area contributed by atoms with Crippen LogP contribution in [0.25, 0.3) is 10.9 Å². The first-order valence-electron chi connectivity index (χ1n) is 10.8. The summed E-state index contributed by atoms with van der Waals surface area (Å²) in [5.41, 5.74) is 4.80. The number of benzene rings is 3. The summed E-state index contributed by atoms with van der Waals surface area (Å²) in [5.74, 6) is 0.772. The lowest BCUT2D eigenvalue weighted by molar-refractivity contribution is 0.414. The van der Waals surface area contributed by atoms with Crippen molar-refractivity contribution in [1.29, 1.82) is 0 Å². The van der Waals surface area contributed by atoms with E-state index in [2.05, 4.69) is 24.3 Å². The Morgan fingerprint density at radius 1 is 0.938 bits per heavy atom. The molecule has 162 valence electrons. The second-order valence-corrected chi connectivity index (χ2v) is 9.96. The number of hydrogen-bond donors (Lipinski definition) is 0. The molecule has 5 heteroatoms. The van der Waals surface area contributed by atoms with Gasteiger partial charge < -0.3 is 4.74 Å². The number of methoxy groups -OCH3 is 1. The highest BCUT2D eigenvalue weighted by molar-refractivity contribution is 7.90. The van der Waals surface area contributed by atoms with Crippen molar-refractivity contribution in [2.24, 2.45) is 0 Å². The van der Waals surface area contributed by atoms with Crippen LogP contribution in [0.5, 0.6) is 5.75 Å². The number of nitrogens with zero attached hydrogens (tertiary/aromatic N) is 1. The van der Waals surface area contributed by atoms with Crippen LogP contribution in [0.3, 0.4) is 0 Å². The standard InChI is InChI=1S/C27H25NO3S/c1-19-11-17-22(18-12-19)32(29,30)28-25-9-5-4-8-24(25)27-23(7-3-6-10-26(27)28)20-13-15-21(31-2)16-14-20/h3-5,7-9,11-18,23H,6,10H2,1-2H3. The minimum absolute atomic E-state index is 0.0298. The summed E-state index contributed by atoms with van der Waals surface area (Å²) in [6, 6.07) is 22.9. The molecule has 0 N–H and O–H groups in total. The largest absolute Gasteiger partial charge is 0.497 e. The summed E-state index contributed by atoms with van der Waals surface area (Å²) in [4.78, 5) is 0.310. The van der Waals surface area contributed by atoms with Crippen LogP contribution in [0.1, 0.15) is 34.7 Å². The Balaban J connectivity index is 1.78. The molecule has 1 aliphatic carbocycles. The third kappa shape index (κ3) is 3.33. The van der Waals surface area contributed by atoms with Gasteiger partial charge in [0.15, 0.2) is 0 Å². The number of hydrogen-bond acceptors (Lipinski definition) is 3. The molecule has 0 radical (unpaired) electrons. The van der Waals surface area contributed by atoms with Crippen molar-refractivity contribution in [2.75, 3.05) is 7.11 Å². The SMILES string of the molecule is COc1ccc(C2C=CCCc3c2c2ccccc2n3S(=O)(=O)c2ccc(C)cc2)cc1. The van der Waals surface area contributed by atoms with Gasteiger partial charge in [0.25, 0.3) is 10.0 Å². The van der Waals surface area contributed by atoms with Gasteiger partial charge in [-0.1, -0.05) is 60.2 Å². The number of ether oxygens (including phenoxy) is 1. The fraction of sp³-hybridized carbons (Fsp3) is 0.185. The first kappa shape index (κ1) is 20.6. The molecule has 0 amide bonds. The van der Waals surface area contributed by atoms with E-state index < -0.39 is 10.0 Å².